The Morgan fingerprint density at radius 3 is 2.65 bits per heavy atom. The summed E-state index contributed by atoms with van der Waals surface area (Å²) in [6.07, 6.45) is 0. The van der Waals surface area contributed by atoms with Crippen molar-refractivity contribution in [2.75, 3.05) is 7.11 Å². The zero-order valence-corrected chi connectivity index (χ0v) is 10.6. The predicted octanol–water partition coefficient (Wildman–Crippen LogP) is 3.29. The van der Waals surface area contributed by atoms with Crippen LogP contribution in [0.2, 0.25) is 5.02 Å². The Morgan fingerprint density at radius 1 is 1.29 bits per heavy atom. The SMILES string of the molecule is COC(=O)c1cc(Cl)cc2c(C)cc(C)nc12. The molecule has 0 aliphatic heterocycles. The average Bonchev–Trinajstić information content (AvgIpc) is 2.28. The van der Waals surface area contributed by atoms with Crippen LogP contribution in [0.3, 0.4) is 0 Å². The van der Waals surface area contributed by atoms with Crippen LogP contribution in [0.25, 0.3) is 10.9 Å². The van der Waals surface area contributed by atoms with Gasteiger partial charge in [-0.1, -0.05) is 11.6 Å². The Balaban J connectivity index is 2.87. The van der Waals surface area contributed by atoms with Crippen LogP contribution in [0.4, 0.5) is 0 Å². The molecule has 1 aromatic heterocycles. The summed E-state index contributed by atoms with van der Waals surface area (Å²) in [5, 5.41) is 1.38. The number of pyridine rings is 1. The van der Waals surface area contributed by atoms with E-state index in [0.29, 0.717) is 16.1 Å². The Bertz CT molecular complexity index is 608. The molecule has 1 aromatic carbocycles. The van der Waals surface area contributed by atoms with Crippen molar-refractivity contribution in [3.63, 3.8) is 0 Å². The minimum Gasteiger partial charge on any atom is -0.465 e. The first-order valence-corrected chi connectivity index (χ1v) is 5.56. The number of carbonyl (C=O) groups excluding carboxylic acids is 1. The molecule has 2 aromatic rings. The highest BCUT2D eigenvalue weighted by Crippen LogP contribution is 2.26. The summed E-state index contributed by atoms with van der Waals surface area (Å²) in [7, 11) is 1.34. The second kappa shape index (κ2) is 4.34. The topological polar surface area (TPSA) is 39.2 Å². The molecule has 0 N–H and O–H groups in total. The van der Waals surface area contributed by atoms with Gasteiger partial charge in [0.1, 0.15) is 0 Å². The molecule has 4 heteroatoms. The molecule has 0 fully saturated rings. The molecule has 17 heavy (non-hydrogen) atoms. The van der Waals surface area contributed by atoms with E-state index in [1.54, 1.807) is 6.07 Å². The molecule has 0 bridgehead atoms. The van der Waals surface area contributed by atoms with Gasteiger partial charge < -0.3 is 4.74 Å². The lowest BCUT2D eigenvalue weighted by Gasteiger charge is -2.08. The van der Waals surface area contributed by atoms with Crippen molar-refractivity contribution >= 4 is 28.5 Å². The highest BCUT2D eigenvalue weighted by atomic mass is 35.5. The van der Waals surface area contributed by atoms with Crippen LogP contribution < -0.4 is 0 Å². The highest BCUT2D eigenvalue weighted by molar-refractivity contribution is 6.32. The lowest BCUT2D eigenvalue weighted by atomic mass is 10.0. The van der Waals surface area contributed by atoms with Crippen molar-refractivity contribution in [1.82, 2.24) is 4.98 Å². The van der Waals surface area contributed by atoms with Gasteiger partial charge in [0, 0.05) is 16.1 Å². The Hall–Kier alpha value is -1.61. The molecule has 0 radical (unpaired) electrons. The Morgan fingerprint density at radius 2 is 2.00 bits per heavy atom. The standard InChI is InChI=1S/C13H12ClNO2/c1-7-4-8(2)15-12-10(7)5-9(14)6-11(12)13(16)17-3/h4-6H,1-3H3. The average molecular weight is 250 g/mol. The van der Waals surface area contributed by atoms with Crippen LogP contribution in [0.1, 0.15) is 21.6 Å². The first-order chi connectivity index (χ1) is 8.02. The van der Waals surface area contributed by atoms with Crippen molar-refractivity contribution in [3.05, 3.63) is 40.0 Å². The van der Waals surface area contributed by atoms with Gasteiger partial charge in [0.15, 0.2) is 0 Å². The monoisotopic (exact) mass is 249 g/mol. The summed E-state index contributed by atoms with van der Waals surface area (Å²) in [5.41, 5.74) is 2.95. The smallest absolute Gasteiger partial charge is 0.340 e. The fourth-order valence-corrected chi connectivity index (χ4v) is 2.10. The molecule has 0 spiro atoms. The van der Waals surface area contributed by atoms with E-state index in [2.05, 4.69) is 4.98 Å². The lowest BCUT2D eigenvalue weighted by molar-refractivity contribution is 0.0603. The molecule has 0 atom stereocenters. The largest absolute Gasteiger partial charge is 0.465 e. The molecule has 1 heterocycles. The van der Waals surface area contributed by atoms with Crippen LogP contribution in [-0.4, -0.2) is 18.1 Å². The van der Waals surface area contributed by atoms with Crippen molar-refractivity contribution in [1.29, 1.82) is 0 Å². The van der Waals surface area contributed by atoms with Gasteiger partial charge in [0.2, 0.25) is 0 Å². The van der Waals surface area contributed by atoms with Crippen LogP contribution in [0.5, 0.6) is 0 Å². The predicted molar refractivity (Wildman–Crippen MR) is 67.6 cm³/mol. The second-order valence-electron chi connectivity index (χ2n) is 3.92. The summed E-state index contributed by atoms with van der Waals surface area (Å²) >= 11 is 6.00. The van der Waals surface area contributed by atoms with Gasteiger partial charge >= 0.3 is 5.97 Å². The summed E-state index contributed by atoms with van der Waals surface area (Å²) in [5.74, 6) is -0.421. The van der Waals surface area contributed by atoms with Gasteiger partial charge in [-0.15, -0.1) is 0 Å². The number of benzene rings is 1. The summed E-state index contributed by atoms with van der Waals surface area (Å²) < 4.78 is 4.74. The normalized spacial score (nSPS) is 10.6. The molecule has 0 saturated carbocycles. The van der Waals surface area contributed by atoms with Crippen LogP contribution in [-0.2, 0) is 4.74 Å². The number of esters is 1. The number of fused-ring (bicyclic) bond motifs is 1. The van der Waals surface area contributed by atoms with Crippen molar-refractivity contribution in [2.24, 2.45) is 0 Å². The summed E-state index contributed by atoms with van der Waals surface area (Å²) in [4.78, 5) is 16.1. The molecule has 0 saturated heterocycles. The van der Waals surface area contributed by atoms with E-state index in [4.69, 9.17) is 16.3 Å². The number of aromatic nitrogens is 1. The molecule has 3 nitrogen and oxygen atoms in total. The first-order valence-electron chi connectivity index (χ1n) is 5.18. The van der Waals surface area contributed by atoms with E-state index in [9.17, 15) is 4.79 Å². The van der Waals surface area contributed by atoms with E-state index in [-0.39, 0.29) is 0 Å². The number of hydrogen-bond donors (Lipinski definition) is 0. The number of hydrogen-bond acceptors (Lipinski definition) is 3. The van der Waals surface area contributed by atoms with E-state index in [1.807, 2.05) is 26.0 Å². The molecule has 0 unspecified atom stereocenters. The molecule has 0 aliphatic carbocycles. The first kappa shape index (κ1) is 11.9. The van der Waals surface area contributed by atoms with Crippen LogP contribution >= 0.6 is 11.6 Å². The zero-order valence-electron chi connectivity index (χ0n) is 9.87. The molecular formula is C13H12ClNO2. The van der Waals surface area contributed by atoms with Crippen molar-refractivity contribution in [3.8, 4) is 0 Å². The maximum atomic E-state index is 11.7. The maximum Gasteiger partial charge on any atom is 0.340 e. The van der Waals surface area contributed by atoms with Gasteiger partial charge in [0.25, 0.3) is 0 Å². The number of rotatable bonds is 1. The number of aryl methyl sites for hydroxylation is 2. The van der Waals surface area contributed by atoms with Gasteiger partial charge in [-0.2, -0.15) is 0 Å². The molecular weight excluding hydrogens is 238 g/mol. The number of carbonyl (C=O) groups is 1. The maximum absolute atomic E-state index is 11.7. The van der Waals surface area contributed by atoms with Crippen LogP contribution in [0, 0.1) is 13.8 Å². The fourth-order valence-electron chi connectivity index (χ4n) is 1.89. The van der Waals surface area contributed by atoms with Gasteiger partial charge in [0.05, 0.1) is 18.2 Å². The third-order valence-corrected chi connectivity index (χ3v) is 2.84. The van der Waals surface area contributed by atoms with Gasteiger partial charge in [-0.25, -0.2) is 4.79 Å². The quantitative estimate of drug-likeness (QED) is 0.728. The van der Waals surface area contributed by atoms with E-state index < -0.39 is 5.97 Å². The Kier molecular flexibility index (Phi) is 3.03. The highest BCUT2D eigenvalue weighted by Gasteiger charge is 2.14. The van der Waals surface area contributed by atoms with Gasteiger partial charge in [-0.3, -0.25) is 4.98 Å². The van der Waals surface area contributed by atoms with Crippen molar-refractivity contribution < 1.29 is 9.53 Å². The molecule has 2 rings (SSSR count). The number of ether oxygens (including phenoxy) is 1. The van der Waals surface area contributed by atoms with E-state index in [1.165, 1.54) is 7.11 Å². The number of halogens is 1. The van der Waals surface area contributed by atoms with E-state index >= 15 is 0 Å². The fraction of sp³-hybridized carbons (Fsp3) is 0.231. The summed E-state index contributed by atoms with van der Waals surface area (Å²) in [6.45, 7) is 3.86. The number of methoxy groups -OCH3 is 1. The minimum absolute atomic E-state index is 0.404. The van der Waals surface area contributed by atoms with Gasteiger partial charge in [-0.05, 0) is 37.6 Å². The third-order valence-electron chi connectivity index (χ3n) is 2.62. The van der Waals surface area contributed by atoms with E-state index in [0.717, 1.165) is 16.6 Å². The molecule has 0 amide bonds. The van der Waals surface area contributed by atoms with Crippen LogP contribution in [0.15, 0.2) is 18.2 Å². The zero-order chi connectivity index (χ0) is 12.6. The molecule has 0 aliphatic rings. The lowest BCUT2D eigenvalue weighted by Crippen LogP contribution is -2.04. The number of nitrogens with zero attached hydrogens (tertiary/aromatic N) is 1. The summed E-state index contributed by atoms with van der Waals surface area (Å²) in [6, 6.07) is 5.35. The minimum atomic E-state index is -0.421. The van der Waals surface area contributed by atoms with Crippen molar-refractivity contribution in [2.45, 2.75) is 13.8 Å². The third kappa shape index (κ3) is 2.11. The second-order valence-corrected chi connectivity index (χ2v) is 4.36. The molecule has 88 valence electrons. The Labute approximate surface area is 104 Å².